The second kappa shape index (κ2) is 5.84. The SMILES string of the molecule is CCC(C)C(N)C(=O)NCc1nc2ccccc2[nH]1. The number of carbonyl (C=O) groups excluding carboxylic acids is 1. The predicted octanol–water partition coefficient (Wildman–Crippen LogP) is 1.55. The van der Waals surface area contributed by atoms with Gasteiger partial charge < -0.3 is 16.0 Å². The van der Waals surface area contributed by atoms with E-state index in [1.165, 1.54) is 0 Å². The summed E-state index contributed by atoms with van der Waals surface area (Å²) < 4.78 is 0. The van der Waals surface area contributed by atoms with Crippen LogP contribution in [0.15, 0.2) is 24.3 Å². The third-order valence-electron chi connectivity index (χ3n) is 3.43. The van der Waals surface area contributed by atoms with Crippen molar-refractivity contribution in [3.8, 4) is 0 Å². The normalized spacial score (nSPS) is 14.3. The van der Waals surface area contributed by atoms with Crippen LogP contribution in [-0.4, -0.2) is 21.9 Å². The average molecular weight is 260 g/mol. The molecule has 1 aromatic carbocycles. The average Bonchev–Trinajstić information content (AvgIpc) is 2.85. The number of imidazole rings is 1. The molecule has 4 N–H and O–H groups in total. The summed E-state index contributed by atoms with van der Waals surface area (Å²) in [5.41, 5.74) is 7.74. The lowest BCUT2D eigenvalue weighted by atomic mass is 9.99. The molecule has 19 heavy (non-hydrogen) atoms. The van der Waals surface area contributed by atoms with E-state index in [0.29, 0.717) is 6.54 Å². The second-order valence-corrected chi connectivity index (χ2v) is 4.83. The van der Waals surface area contributed by atoms with Crippen molar-refractivity contribution in [1.29, 1.82) is 0 Å². The molecule has 2 aromatic rings. The van der Waals surface area contributed by atoms with Crippen molar-refractivity contribution in [3.05, 3.63) is 30.1 Å². The zero-order valence-corrected chi connectivity index (χ0v) is 11.3. The number of aromatic nitrogens is 2. The third-order valence-corrected chi connectivity index (χ3v) is 3.43. The van der Waals surface area contributed by atoms with Gasteiger partial charge in [0.2, 0.25) is 5.91 Å². The minimum absolute atomic E-state index is 0.130. The second-order valence-electron chi connectivity index (χ2n) is 4.83. The lowest BCUT2D eigenvalue weighted by Gasteiger charge is -2.17. The van der Waals surface area contributed by atoms with Gasteiger partial charge in [-0.05, 0) is 18.1 Å². The number of nitrogens with one attached hydrogen (secondary N) is 2. The predicted molar refractivity (Wildman–Crippen MR) is 75.4 cm³/mol. The molecule has 1 amide bonds. The van der Waals surface area contributed by atoms with Crippen molar-refractivity contribution < 1.29 is 4.79 Å². The monoisotopic (exact) mass is 260 g/mol. The molecule has 2 rings (SSSR count). The molecule has 0 bridgehead atoms. The summed E-state index contributed by atoms with van der Waals surface area (Å²) in [5, 5.41) is 2.82. The summed E-state index contributed by atoms with van der Waals surface area (Å²) in [6.07, 6.45) is 0.888. The van der Waals surface area contributed by atoms with Gasteiger partial charge in [0.05, 0.1) is 23.6 Å². The molecule has 5 heteroatoms. The zero-order chi connectivity index (χ0) is 13.8. The van der Waals surface area contributed by atoms with Crippen LogP contribution in [0.25, 0.3) is 11.0 Å². The fourth-order valence-corrected chi connectivity index (χ4v) is 1.89. The molecule has 0 saturated heterocycles. The van der Waals surface area contributed by atoms with E-state index < -0.39 is 6.04 Å². The smallest absolute Gasteiger partial charge is 0.237 e. The summed E-state index contributed by atoms with van der Waals surface area (Å²) in [5.74, 6) is 0.788. The molecule has 0 saturated carbocycles. The van der Waals surface area contributed by atoms with E-state index in [-0.39, 0.29) is 11.8 Å². The van der Waals surface area contributed by atoms with Crippen LogP contribution in [-0.2, 0) is 11.3 Å². The highest BCUT2D eigenvalue weighted by atomic mass is 16.2. The van der Waals surface area contributed by atoms with Gasteiger partial charge in [0, 0.05) is 0 Å². The van der Waals surface area contributed by atoms with Gasteiger partial charge in [-0.3, -0.25) is 4.79 Å². The van der Waals surface area contributed by atoms with Gasteiger partial charge in [-0.15, -0.1) is 0 Å². The van der Waals surface area contributed by atoms with Crippen LogP contribution in [0.3, 0.4) is 0 Å². The molecule has 1 aromatic heterocycles. The number of hydrogen-bond donors (Lipinski definition) is 3. The van der Waals surface area contributed by atoms with E-state index in [2.05, 4.69) is 15.3 Å². The molecular weight excluding hydrogens is 240 g/mol. The first-order chi connectivity index (χ1) is 9.11. The maximum atomic E-state index is 11.9. The first-order valence-electron chi connectivity index (χ1n) is 6.58. The Hall–Kier alpha value is -1.88. The fourth-order valence-electron chi connectivity index (χ4n) is 1.89. The van der Waals surface area contributed by atoms with Crippen LogP contribution in [0.1, 0.15) is 26.1 Å². The quantitative estimate of drug-likeness (QED) is 0.762. The van der Waals surface area contributed by atoms with Crippen molar-refractivity contribution in [2.75, 3.05) is 0 Å². The number of H-pyrrole nitrogens is 1. The summed E-state index contributed by atoms with van der Waals surface area (Å²) >= 11 is 0. The Morgan fingerprint density at radius 2 is 2.21 bits per heavy atom. The lowest BCUT2D eigenvalue weighted by Crippen LogP contribution is -2.44. The Balaban J connectivity index is 1.96. The van der Waals surface area contributed by atoms with Gasteiger partial charge in [0.15, 0.2) is 0 Å². The first-order valence-corrected chi connectivity index (χ1v) is 6.58. The fraction of sp³-hybridized carbons (Fsp3) is 0.429. The van der Waals surface area contributed by atoms with Crippen molar-refractivity contribution in [3.63, 3.8) is 0 Å². The number of para-hydroxylation sites is 2. The number of benzene rings is 1. The number of carbonyl (C=O) groups is 1. The van der Waals surface area contributed by atoms with E-state index in [9.17, 15) is 4.79 Å². The number of hydrogen-bond acceptors (Lipinski definition) is 3. The molecule has 0 fully saturated rings. The van der Waals surface area contributed by atoms with Crippen LogP contribution in [0.2, 0.25) is 0 Å². The van der Waals surface area contributed by atoms with Crippen LogP contribution >= 0.6 is 0 Å². The molecule has 2 atom stereocenters. The molecule has 2 unspecified atom stereocenters. The van der Waals surface area contributed by atoms with E-state index in [0.717, 1.165) is 23.3 Å². The molecule has 1 heterocycles. The highest BCUT2D eigenvalue weighted by Crippen LogP contribution is 2.10. The van der Waals surface area contributed by atoms with Crippen LogP contribution in [0.4, 0.5) is 0 Å². The molecule has 0 radical (unpaired) electrons. The Morgan fingerprint density at radius 1 is 1.47 bits per heavy atom. The summed E-state index contributed by atoms with van der Waals surface area (Å²) in [7, 11) is 0. The van der Waals surface area contributed by atoms with Gasteiger partial charge in [0.25, 0.3) is 0 Å². The van der Waals surface area contributed by atoms with Crippen LogP contribution < -0.4 is 11.1 Å². The number of fused-ring (bicyclic) bond motifs is 1. The topological polar surface area (TPSA) is 83.8 Å². The van der Waals surface area contributed by atoms with Crippen molar-refractivity contribution >= 4 is 16.9 Å². The van der Waals surface area contributed by atoms with E-state index in [4.69, 9.17) is 5.73 Å². The summed E-state index contributed by atoms with van der Waals surface area (Å²) in [6.45, 7) is 4.38. The van der Waals surface area contributed by atoms with E-state index in [1.54, 1.807) is 0 Å². The van der Waals surface area contributed by atoms with Gasteiger partial charge in [0.1, 0.15) is 5.82 Å². The number of nitrogens with two attached hydrogens (primary N) is 1. The van der Waals surface area contributed by atoms with Crippen molar-refractivity contribution in [2.24, 2.45) is 11.7 Å². The van der Waals surface area contributed by atoms with Crippen molar-refractivity contribution in [1.82, 2.24) is 15.3 Å². The number of aromatic amines is 1. The minimum atomic E-state index is -0.464. The molecule has 5 nitrogen and oxygen atoms in total. The molecule has 0 aliphatic rings. The standard InChI is InChI=1S/C14H20N4O/c1-3-9(2)13(15)14(19)16-8-12-17-10-6-4-5-7-11(10)18-12/h4-7,9,13H,3,8,15H2,1-2H3,(H,16,19)(H,17,18). The molecular formula is C14H20N4O. The molecule has 0 aliphatic carbocycles. The van der Waals surface area contributed by atoms with Crippen molar-refractivity contribution in [2.45, 2.75) is 32.9 Å². The summed E-state index contributed by atoms with van der Waals surface area (Å²) in [4.78, 5) is 19.4. The first kappa shape index (κ1) is 13.5. The van der Waals surface area contributed by atoms with Gasteiger partial charge >= 0.3 is 0 Å². The lowest BCUT2D eigenvalue weighted by molar-refractivity contribution is -0.123. The van der Waals surface area contributed by atoms with Gasteiger partial charge in [-0.1, -0.05) is 32.4 Å². The van der Waals surface area contributed by atoms with E-state index >= 15 is 0 Å². The minimum Gasteiger partial charge on any atom is -0.348 e. The number of nitrogens with zero attached hydrogens (tertiary/aromatic N) is 1. The Labute approximate surface area is 112 Å². The Bertz CT molecular complexity index is 530. The summed E-state index contributed by atoms with van der Waals surface area (Å²) in [6, 6.07) is 7.31. The largest absolute Gasteiger partial charge is 0.348 e. The molecule has 0 aliphatic heterocycles. The maximum Gasteiger partial charge on any atom is 0.237 e. The Morgan fingerprint density at radius 3 is 2.89 bits per heavy atom. The van der Waals surface area contributed by atoms with E-state index in [1.807, 2.05) is 38.1 Å². The molecule has 102 valence electrons. The highest BCUT2D eigenvalue weighted by Gasteiger charge is 2.19. The Kier molecular flexibility index (Phi) is 4.16. The highest BCUT2D eigenvalue weighted by molar-refractivity contribution is 5.81. The zero-order valence-electron chi connectivity index (χ0n) is 11.3. The van der Waals surface area contributed by atoms with Gasteiger partial charge in [-0.2, -0.15) is 0 Å². The number of rotatable bonds is 5. The maximum absolute atomic E-state index is 11.9. The van der Waals surface area contributed by atoms with Crippen LogP contribution in [0, 0.1) is 5.92 Å². The third kappa shape index (κ3) is 3.12. The van der Waals surface area contributed by atoms with Gasteiger partial charge in [-0.25, -0.2) is 4.98 Å². The molecule has 0 spiro atoms. The number of amides is 1. The van der Waals surface area contributed by atoms with Crippen LogP contribution in [0.5, 0.6) is 0 Å².